The molecule has 5 N–H and O–H groups in total. The van der Waals surface area contributed by atoms with Gasteiger partial charge in [-0.3, -0.25) is 9.59 Å². The minimum absolute atomic E-state index is 0.190. The highest BCUT2D eigenvalue weighted by Crippen LogP contribution is 2.22. The number of rotatable bonds is 9. The standard InChI is InChI=1S/C13H18N2O4S2/c14-10(12(16)17)7-20-21-8-11(15)13(18)19-6-9-4-2-1-3-5-9/h1-5,10-11H,6-8,14-15H2,(H,16,17)/t10-,11-/m1/s1. The van der Waals surface area contributed by atoms with Gasteiger partial charge in [-0.25, -0.2) is 0 Å². The van der Waals surface area contributed by atoms with Crippen LogP contribution in [-0.2, 0) is 20.9 Å². The van der Waals surface area contributed by atoms with Gasteiger partial charge in [-0.15, -0.1) is 0 Å². The number of hydrogen-bond donors (Lipinski definition) is 3. The van der Waals surface area contributed by atoms with Gasteiger partial charge in [0.15, 0.2) is 0 Å². The first kappa shape index (κ1) is 17.8. The topological polar surface area (TPSA) is 116 Å². The Morgan fingerprint density at radius 3 is 2.24 bits per heavy atom. The summed E-state index contributed by atoms with van der Waals surface area (Å²) in [5.41, 5.74) is 11.9. The molecule has 0 spiro atoms. The minimum atomic E-state index is -1.05. The lowest BCUT2D eigenvalue weighted by Crippen LogP contribution is -2.34. The Morgan fingerprint density at radius 1 is 1.10 bits per heavy atom. The maximum Gasteiger partial charge on any atom is 0.324 e. The van der Waals surface area contributed by atoms with Crippen molar-refractivity contribution in [3.63, 3.8) is 0 Å². The largest absolute Gasteiger partial charge is 0.480 e. The van der Waals surface area contributed by atoms with Crippen LogP contribution in [0.15, 0.2) is 30.3 Å². The van der Waals surface area contributed by atoms with Crippen LogP contribution in [0.25, 0.3) is 0 Å². The zero-order chi connectivity index (χ0) is 15.7. The van der Waals surface area contributed by atoms with Crippen LogP contribution in [0.4, 0.5) is 0 Å². The number of esters is 1. The van der Waals surface area contributed by atoms with Gasteiger partial charge in [-0.1, -0.05) is 51.9 Å². The molecule has 1 aromatic carbocycles. The van der Waals surface area contributed by atoms with Crippen molar-refractivity contribution in [3.05, 3.63) is 35.9 Å². The molecule has 6 nitrogen and oxygen atoms in total. The lowest BCUT2D eigenvalue weighted by Gasteiger charge is -2.11. The van der Waals surface area contributed by atoms with Crippen molar-refractivity contribution in [1.82, 2.24) is 0 Å². The Hall–Kier alpha value is -1.22. The van der Waals surface area contributed by atoms with Gasteiger partial charge in [0.05, 0.1) is 0 Å². The SMILES string of the molecule is N[C@H](CSSC[C@@H](N)C(=O)OCc1ccccc1)C(=O)O. The summed E-state index contributed by atoms with van der Waals surface area (Å²) < 4.78 is 5.10. The third-order valence-electron chi connectivity index (χ3n) is 2.42. The van der Waals surface area contributed by atoms with E-state index in [4.69, 9.17) is 21.3 Å². The molecule has 0 amide bonds. The van der Waals surface area contributed by atoms with E-state index < -0.39 is 24.0 Å². The second-order valence-corrected chi connectivity index (χ2v) is 6.77. The average molecular weight is 330 g/mol. The van der Waals surface area contributed by atoms with Crippen molar-refractivity contribution in [2.75, 3.05) is 11.5 Å². The van der Waals surface area contributed by atoms with Gasteiger partial charge < -0.3 is 21.3 Å². The number of carbonyl (C=O) groups excluding carboxylic acids is 1. The first-order chi connectivity index (χ1) is 10.0. The second-order valence-electron chi connectivity index (χ2n) is 4.21. The van der Waals surface area contributed by atoms with Gasteiger partial charge in [0.25, 0.3) is 0 Å². The first-order valence-electron chi connectivity index (χ1n) is 6.19. The molecule has 1 aromatic rings. The predicted molar refractivity (Wildman–Crippen MR) is 84.7 cm³/mol. The highest BCUT2D eigenvalue weighted by molar-refractivity contribution is 8.76. The van der Waals surface area contributed by atoms with Crippen LogP contribution in [0.5, 0.6) is 0 Å². The molecule has 116 valence electrons. The Morgan fingerprint density at radius 2 is 1.67 bits per heavy atom. The molecule has 0 saturated heterocycles. The predicted octanol–water partition coefficient (Wildman–Crippen LogP) is 0.850. The third kappa shape index (κ3) is 7.37. The summed E-state index contributed by atoms with van der Waals surface area (Å²) in [7, 11) is 2.58. The molecule has 1 rings (SSSR count). The van der Waals surface area contributed by atoms with E-state index in [9.17, 15) is 9.59 Å². The van der Waals surface area contributed by atoms with E-state index in [0.717, 1.165) is 5.56 Å². The fourth-order valence-corrected chi connectivity index (χ4v) is 3.44. The lowest BCUT2D eigenvalue weighted by atomic mass is 10.2. The van der Waals surface area contributed by atoms with Gasteiger partial charge in [0, 0.05) is 11.5 Å². The molecule has 2 atom stereocenters. The van der Waals surface area contributed by atoms with Gasteiger partial charge in [-0.05, 0) is 5.56 Å². The van der Waals surface area contributed by atoms with Crippen molar-refractivity contribution < 1.29 is 19.4 Å². The van der Waals surface area contributed by atoms with Crippen LogP contribution in [-0.4, -0.2) is 40.6 Å². The van der Waals surface area contributed by atoms with Crippen LogP contribution in [0, 0.1) is 0 Å². The summed E-state index contributed by atoms with van der Waals surface area (Å²) in [6, 6.07) is 7.67. The van der Waals surface area contributed by atoms with Crippen LogP contribution < -0.4 is 11.5 Å². The first-order valence-corrected chi connectivity index (χ1v) is 8.68. The zero-order valence-electron chi connectivity index (χ0n) is 11.3. The van der Waals surface area contributed by atoms with Gasteiger partial charge in [-0.2, -0.15) is 0 Å². The molecule has 0 aliphatic heterocycles. The highest BCUT2D eigenvalue weighted by Gasteiger charge is 2.16. The number of carbonyl (C=O) groups is 2. The molecule has 0 heterocycles. The third-order valence-corrected chi connectivity index (χ3v) is 4.90. The number of nitrogens with two attached hydrogens (primary N) is 2. The molecule has 0 aliphatic carbocycles. The quantitative estimate of drug-likeness (QED) is 0.347. The lowest BCUT2D eigenvalue weighted by molar-refractivity contribution is -0.146. The monoisotopic (exact) mass is 330 g/mol. The summed E-state index contributed by atoms with van der Waals surface area (Å²) in [5, 5.41) is 8.61. The maximum absolute atomic E-state index is 11.7. The van der Waals surface area contributed by atoms with E-state index in [2.05, 4.69) is 0 Å². The fraction of sp³-hybridized carbons (Fsp3) is 0.385. The van der Waals surface area contributed by atoms with Crippen molar-refractivity contribution >= 4 is 33.5 Å². The van der Waals surface area contributed by atoms with Gasteiger partial charge in [0.2, 0.25) is 0 Å². The van der Waals surface area contributed by atoms with E-state index in [1.807, 2.05) is 30.3 Å². The summed E-state index contributed by atoms with van der Waals surface area (Å²) in [4.78, 5) is 22.2. The molecule has 0 unspecified atom stereocenters. The normalized spacial score (nSPS) is 13.4. The zero-order valence-corrected chi connectivity index (χ0v) is 12.9. The number of aliphatic carboxylic acids is 1. The maximum atomic E-state index is 11.7. The number of benzene rings is 1. The van der Waals surface area contributed by atoms with Crippen LogP contribution in [0.3, 0.4) is 0 Å². The van der Waals surface area contributed by atoms with Crippen molar-refractivity contribution in [3.8, 4) is 0 Å². The highest BCUT2D eigenvalue weighted by atomic mass is 33.1. The summed E-state index contributed by atoms with van der Waals surface area (Å²) in [5.74, 6) is -0.930. The van der Waals surface area contributed by atoms with E-state index in [0.29, 0.717) is 5.75 Å². The molecule has 0 fully saturated rings. The Labute approximate surface area is 131 Å². The Kier molecular flexibility index (Phi) is 8.21. The number of ether oxygens (including phenoxy) is 1. The number of carboxylic acids is 1. The second kappa shape index (κ2) is 9.67. The van der Waals surface area contributed by atoms with Gasteiger partial charge >= 0.3 is 11.9 Å². The molecular formula is C13H18N2O4S2. The molecule has 0 saturated carbocycles. The van der Waals surface area contributed by atoms with Crippen LogP contribution in [0.1, 0.15) is 5.56 Å². The summed E-state index contributed by atoms with van der Waals surface area (Å²) >= 11 is 0. The fourth-order valence-electron chi connectivity index (χ4n) is 1.22. The van der Waals surface area contributed by atoms with E-state index in [1.54, 1.807) is 0 Å². The molecule has 0 radical (unpaired) electrons. The van der Waals surface area contributed by atoms with Crippen molar-refractivity contribution in [1.29, 1.82) is 0 Å². The van der Waals surface area contributed by atoms with E-state index in [-0.39, 0.29) is 12.4 Å². The van der Waals surface area contributed by atoms with Crippen LogP contribution >= 0.6 is 21.6 Å². The average Bonchev–Trinajstić information content (AvgIpc) is 2.49. The van der Waals surface area contributed by atoms with E-state index in [1.165, 1.54) is 21.6 Å². The molecule has 21 heavy (non-hydrogen) atoms. The molecule has 8 heteroatoms. The molecular weight excluding hydrogens is 312 g/mol. The summed E-state index contributed by atoms with van der Waals surface area (Å²) in [6.45, 7) is 0.190. The van der Waals surface area contributed by atoms with E-state index >= 15 is 0 Å². The number of hydrogen-bond acceptors (Lipinski definition) is 7. The van der Waals surface area contributed by atoms with Crippen LogP contribution in [0.2, 0.25) is 0 Å². The van der Waals surface area contributed by atoms with Crippen molar-refractivity contribution in [2.24, 2.45) is 11.5 Å². The Bertz CT molecular complexity index is 459. The van der Waals surface area contributed by atoms with Gasteiger partial charge in [0.1, 0.15) is 18.7 Å². The van der Waals surface area contributed by atoms with Crippen molar-refractivity contribution in [2.45, 2.75) is 18.7 Å². The Balaban J connectivity index is 2.18. The molecule has 0 aromatic heterocycles. The number of carboxylic acid groups (broad SMARTS) is 1. The summed E-state index contributed by atoms with van der Waals surface area (Å²) in [6.07, 6.45) is 0. The molecule has 0 aliphatic rings. The minimum Gasteiger partial charge on any atom is -0.480 e. The molecule has 0 bridgehead atoms. The smallest absolute Gasteiger partial charge is 0.324 e.